The third kappa shape index (κ3) is 39.3. The highest BCUT2D eigenvalue weighted by Gasteiger charge is 1.98. The highest BCUT2D eigenvalue weighted by Crippen LogP contribution is 2.13. The average molecular weight is 1380 g/mol. The van der Waals surface area contributed by atoms with Crippen molar-refractivity contribution in [1.29, 1.82) is 0 Å². The predicted molar refractivity (Wildman–Crippen MR) is 362 cm³/mol. The first-order valence-corrected chi connectivity index (χ1v) is 30.6. The van der Waals surface area contributed by atoms with E-state index in [1.807, 2.05) is 129 Å². The highest BCUT2D eigenvalue weighted by atomic mass is 35.5. The maximum atomic E-state index is 12.0. The van der Waals surface area contributed by atoms with Crippen molar-refractivity contribution in [2.75, 3.05) is 0 Å². The van der Waals surface area contributed by atoms with Gasteiger partial charge in [0.15, 0.2) is 0 Å². The van der Waals surface area contributed by atoms with Crippen LogP contribution >= 0.6 is 104 Å². The Morgan fingerprint density at radius 2 is 1.07 bits per heavy atom. The van der Waals surface area contributed by atoms with Gasteiger partial charge in [-0.25, -0.2) is 49.8 Å². The number of benzene rings is 1. The number of fused-ring (bicyclic) bond motifs is 1. The molecule has 0 fully saturated rings. The van der Waals surface area contributed by atoms with Crippen LogP contribution in [0.25, 0.3) is 10.9 Å². The van der Waals surface area contributed by atoms with Gasteiger partial charge in [0.1, 0.15) is 37.9 Å². The summed E-state index contributed by atoms with van der Waals surface area (Å²) in [7, 11) is 1.93. The first-order chi connectivity index (χ1) is 42.1. The van der Waals surface area contributed by atoms with Gasteiger partial charge in [0.05, 0.1) is 17.4 Å². The fraction of sp³-hybridized carbons (Fsp3) is 0.230. The van der Waals surface area contributed by atoms with Crippen molar-refractivity contribution in [3.8, 4) is 0 Å². The van der Waals surface area contributed by atoms with Crippen LogP contribution < -0.4 is 0 Å². The van der Waals surface area contributed by atoms with Crippen molar-refractivity contribution in [1.82, 2.24) is 89.1 Å². The zero-order chi connectivity index (χ0) is 66.3. The van der Waals surface area contributed by atoms with Crippen molar-refractivity contribution in [3.63, 3.8) is 0 Å². The Hall–Kier alpha value is -7.31. The summed E-state index contributed by atoms with van der Waals surface area (Å²) in [5, 5.41) is 19.8. The minimum Gasteiger partial charge on any atom is -0.273 e. The second-order valence-corrected chi connectivity index (χ2v) is 22.3. The Balaban J connectivity index is 0.000000335. The number of para-hydroxylation sites is 1. The van der Waals surface area contributed by atoms with Crippen molar-refractivity contribution < 1.29 is 4.39 Å². The summed E-state index contributed by atoms with van der Waals surface area (Å²) in [4.78, 5) is 49.2. The van der Waals surface area contributed by atoms with Gasteiger partial charge in [0, 0.05) is 72.3 Å². The zero-order valence-corrected chi connectivity index (χ0v) is 58.2. The molecule has 0 amide bonds. The van der Waals surface area contributed by atoms with Gasteiger partial charge in [0.25, 0.3) is 0 Å². The molecule has 1 aromatic carbocycles. The highest BCUT2D eigenvalue weighted by molar-refractivity contribution is 7.08. The zero-order valence-electron chi connectivity index (χ0n) is 51.2. The van der Waals surface area contributed by atoms with Crippen molar-refractivity contribution in [3.05, 3.63) is 261 Å². The summed E-state index contributed by atoms with van der Waals surface area (Å²) >= 11 is 41.4. The lowest BCUT2D eigenvalue weighted by molar-refractivity contribution is 0.583. The van der Waals surface area contributed by atoms with Gasteiger partial charge in [-0.1, -0.05) is 71.2 Å². The normalized spacial score (nSPS) is 9.46. The van der Waals surface area contributed by atoms with E-state index in [1.54, 1.807) is 75.1 Å². The number of nitrogens with zero attached hydrogens (tertiary/aromatic N) is 18. The lowest BCUT2D eigenvalue weighted by atomic mass is 10.2. The van der Waals surface area contributed by atoms with E-state index in [9.17, 15) is 4.39 Å². The van der Waals surface area contributed by atoms with Crippen LogP contribution in [0.2, 0.25) is 36.6 Å². The minimum atomic E-state index is -0.421. The van der Waals surface area contributed by atoms with E-state index in [1.165, 1.54) is 52.1 Å². The van der Waals surface area contributed by atoms with Crippen LogP contribution in [0.15, 0.2) is 145 Å². The molecular weight excluding hydrogens is 1320 g/mol. The summed E-state index contributed by atoms with van der Waals surface area (Å²) < 4.78 is 17.8. The lowest BCUT2D eigenvalue weighted by Crippen LogP contribution is -1.91. The molecule has 18 nitrogen and oxygen atoms in total. The molecule has 0 bridgehead atoms. The molecule has 11 aromatic heterocycles. The maximum Gasteiger partial charge on any atom is 0.226 e. The smallest absolute Gasteiger partial charge is 0.226 e. The number of pyridine rings is 3. The Morgan fingerprint density at radius 3 is 1.45 bits per heavy atom. The van der Waals surface area contributed by atoms with Crippen LogP contribution in [0.5, 0.6) is 0 Å². The van der Waals surface area contributed by atoms with Crippen LogP contribution in [0.4, 0.5) is 4.39 Å². The fourth-order valence-electron chi connectivity index (χ4n) is 5.67. The standard InChI is InChI=1S/C10H9N.C6H6FN.C6H8N2.C6H7N.2C5H4Cl2N2.C5H5ClN2.C5H8N2.C5H6S.C4H3Cl2N3.C4H6N2S/c1-8-6-7-9-4-2-3-5-10(9)11-8;1-5-2-3-6(7)8-4-5;1-5-3-6(2)8-7-4-5;1-6-3-2-4-7-5-6;1-3-8-4(6)2-5(7)9-3;1-3-2-4(6)9-5(7)8-3;1-4-2-3-7-5(6)8-4;1-5-3-4-6-7(5)2;1-5-2-3-6-4-5;1-2-7-3(5)9-4(6)8-2;1-3-5-4(2)7-6-3/h2-7H,1H3;2-4H,1H3;3-4H,1-2H3;2-5H,1H3;2*2H,1H3;2-3H,1H3;3-4H,1-2H3;2-4H,1H3;1H3;1-2H3. The summed E-state index contributed by atoms with van der Waals surface area (Å²) in [5.74, 6) is 1.57. The maximum absolute atomic E-state index is 12.0. The molecule has 0 atom stereocenters. The van der Waals surface area contributed by atoms with Crippen LogP contribution in [-0.2, 0) is 7.05 Å². The largest absolute Gasteiger partial charge is 0.273 e. The van der Waals surface area contributed by atoms with Gasteiger partial charge in [-0.2, -0.15) is 40.4 Å². The first-order valence-electron chi connectivity index (χ1n) is 26.2. The lowest BCUT2D eigenvalue weighted by Gasteiger charge is -1.95. The van der Waals surface area contributed by atoms with Gasteiger partial charge >= 0.3 is 0 Å². The van der Waals surface area contributed by atoms with E-state index in [0.29, 0.717) is 32.4 Å². The Labute approximate surface area is 562 Å². The van der Waals surface area contributed by atoms with Crippen LogP contribution in [-0.4, -0.2) is 89.1 Å². The van der Waals surface area contributed by atoms with E-state index >= 15 is 0 Å². The Bertz CT molecular complexity index is 3490. The number of aryl methyl sites for hydroxylation is 14. The number of thiophene rings is 1. The van der Waals surface area contributed by atoms with E-state index < -0.39 is 5.95 Å². The third-order valence-electron chi connectivity index (χ3n) is 9.72. The SMILES string of the molecule is Cc1cc(Cl)nc(Cl)n1.Cc1ccc(F)nc1.Cc1ccc2ccccc2n1.Cc1cccnc1.Cc1ccnc(Cl)n1.Cc1ccnn1C.Cc1ccsc1.Cc1cnnc(C)c1.Cc1nc(Cl)cc(Cl)n1.Cc1nc(Cl)nc(Cl)n1.Cc1nsc(C)n1. The number of halogens is 8. The van der Waals surface area contributed by atoms with Crippen molar-refractivity contribution in [2.24, 2.45) is 7.05 Å². The quantitative estimate of drug-likeness (QED) is 0.0781. The fourth-order valence-corrected chi connectivity index (χ4v) is 8.47. The molecule has 0 saturated carbocycles. The minimum absolute atomic E-state index is 0.132. The molecule has 28 heteroatoms. The third-order valence-corrected chi connectivity index (χ3v) is 12.5. The van der Waals surface area contributed by atoms with Gasteiger partial charge in [-0.05, 0) is 236 Å². The molecule has 11 heterocycles. The molecule has 0 radical (unpaired) electrons. The molecule has 0 N–H and O–H groups in total. The molecule has 0 aliphatic carbocycles. The monoisotopic (exact) mass is 1380 g/mol. The molecule has 468 valence electrons. The molecule has 0 aliphatic heterocycles. The van der Waals surface area contributed by atoms with E-state index in [4.69, 9.17) is 81.2 Å². The summed E-state index contributed by atoms with van der Waals surface area (Å²) in [6.07, 6.45) is 10.3. The van der Waals surface area contributed by atoms with Gasteiger partial charge < -0.3 is 0 Å². The number of hydrogen-bond acceptors (Lipinski definition) is 19. The number of hydrogen-bond donors (Lipinski definition) is 0. The van der Waals surface area contributed by atoms with Gasteiger partial charge in [0.2, 0.25) is 27.1 Å². The van der Waals surface area contributed by atoms with E-state index in [-0.39, 0.29) is 15.9 Å². The topological polar surface area (TPSA) is 224 Å². The summed E-state index contributed by atoms with van der Waals surface area (Å²) in [5.41, 5.74) is 10.7. The Morgan fingerprint density at radius 1 is 0.438 bits per heavy atom. The molecule has 0 saturated heterocycles. The second-order valence-electron chi connectivity index (χ2n) is 18.0. The molecule has 0 aliphatic rings. The molecular formula is C61H66Cl7FN18S2. The average Bonchev–Trinajstić information content (AvgIpc) is 4.40. The molecule has 12 aromatic rings. The predicted octanol–water partition coefficient (Wildman–Crippen LogP) is 17.6. The molecule has 0 unspecified atom stereocenters. The van der Waals surface area contributed by atoms with Crippen LogP contribution in [0.3, 0.4) is 0 Å². The van der Waals surface area contributed by atoms with E-state index in [2.05, 4.69) is 120 Å². The summed E-state index contributed by atoms with van der Waals surface area (Å²) in [6, 6.07) is 30.2. The summed E-state index contributed by atoms with van der Waals surface area (Å²) in [6.45, 7) is 24.9. The van der Waals surface area contributed by atoms with Crippen molar-refractivity contribution >= 4 is 115 Å². The van der Waals surface area contributed by atoms with Crippen LogP contribution in [0.1, 0.15) is 73.2 Å². The van der Waals surface area contributed by atoms with Crippen LogP contribution in [0, 0.1) is 96.0 Å². The molecule has 0 spiro atoms. The number of aromatic nitrogens is 18. The van der Waals surface area contributed by atoms with Crippen molar-refractivity contribution in [2.45, 2.75) is 90.0 Å². The van der Waals surface area contributed by atoms with Gasteiger partial charge in [-0.15, -0.1) is 0 Å². The Kier molecular flexibility index (Phi) is 38.6. The number of rotatable bonds is 0. The molecule has 89 heavy (non-hydrogen) atoms. The van der Waals surface area contributed by atoms with E-state index in [0.717, 1.165) is 50.3 Å². The first kappa shape index (κ1) is 77.8. The second kappa shape index (κ2) is 44.2. The van der Waals surface area contributed by atoms with Gasteiger partial charge in [-0.3, -0.25) is 14.6 Å². The molecule has 12 rings (SSSR count).